The predicted octanol–water partition coefficient (Wildman–Crippen LogP) is 2.31. The molecule has 0 bridgehead atoms. The molecule has 8 nitrogen and oxygen atoms in total. The third-order valence-corrected chi connectivity index (χ3v) is 4.25. The monoisotopic (exact) mass is 410 g/mol. The highest BCUT2D eigenvalue weighted by atomic mass is 19.3. The first-order valence-corrected chi connectivity index (χ1v) is 9.31. The molecule has 1 heterocycles. The number of alkyl halides is 2. The van der Waals surface area contributed by atoms with E-state index in [1.807, 2.05) is 25.5 Å². The fourth-order valence-corrected chi connectivity index (χ4v) is 2.57. The molecule has 0 amide bonds. The van der Waals surface area contributed by atoms with Crippen molar-refractivity contribution in [2.45, 2.75) is 40.0 Å². The maximum absolute atomic E-state index is 12.7. The molecule has 0 unspecified atom stereocenters. The van der Waals surface area contributed by atoms with Crippen LogP contribution >= 0.6 is 0 Å². The lowest BCUT2D eigenvalue weighted by Crippen LogP contribution is -2.38. The lowest BCUT2D eigenvalue weighted by Gasteiger charge is -2.14. The first-order valence-electron chi connectivity index (χ1n) is 9.31. The van der Waals surface area contributed by atoms with Crippen molar-refractivity contribution in [3.05, 3.63) is 41.0 Å². The summed E-state index contributed by atoms with van der Waals surface area (Å²) in [5.74, 6) is 2.22. The first-order chi connectivity index (χ1) is 13.9. The average molecular weight is 410 g/mol. The summed E-state index contributed by atoms with van der Waals surface area (Å²) in [5, 5.41) is 14.6. The van der Waals surface area contributed by atoms with Crippen LogP contribution in [0.4, 0.5) is 8.78 Å². The van der Waals surface area contributed by atoms with Crippen molar-refractivity contribution in [3.63, 3.8) is 0 Å². The van der Waals surface area contributed by atoms with Gasteiger partial charge in [0.05, 0.1) is 13.1 Å². The molecule has 0 radical (unpaired) electrons. The fourth-order valence-electron chi connectivity index (χ4n) is 2.57. The highest BCUT2D eigenvalue weighted by Crippen LogP contribution is 2.22. The summed E-state index contributed by atoms with van der Waals surface area (Å²) in [7, 11) is 3.53. The van der Waals surface area contributed by atoms with Gasteiger partial charge in [-0.1, -0.05) is 17.7 Å². The number of hydrogen-bond donors (Lipinski definition) is 2. The summed E-state index contributed by atoms with van der Waals surface area (Å²) in [4.78, 5) is 4.52. The smallest absolute Gasteiger partial charge is 0.387 e. The molecule has 29 heavy (non-hydrogen) atoms. The maximum atomic E-state index is 12.7. The van der Waals surface area contributed by atoms with Crippen LogP contribution in [0.3, 0.4) is 0 Å². The van der Waals surface area contributed by atoms with Crippen molar-refractivity contribution in [1.29, 1.82) is 0 Å². The molecule has 0 aliphatic carbocycles. The first kappa shape index (κ1) is 22.5. The third-order valence-electron chi connectivity index (χ3n) is 4.25. The van der Waals surface area contributed by atoms with Crippen LogP contribution in [0.25, 0.3) is 0 Å². The Labute approximate surface area is 169 Å². The Morgan fingerprint density at radius 2 is 2.03 bits per heavy atom. The van der Waals surface area contributed by atoms with E-state index in [2.05, 4.69) is 30.6 Å². The molecular formula is C19H28F2N6O2. The Morgan fingerprint density at radius 3 is 2.69 bits per heavy atom. The molecular weight excluding hydrogens is 382 g/mol. The zero-order valence-electron chi connectivity index (χ0n) is 17.2. The molecule has 1 aromatic heterocycles. The minimum Gasteiger partial charge on any atom is -0.434 e. The Bertz CT molecular complexity index is 810. The summed E-state index contributed by atoms with van der Waals surface area (Å²) in [6.45, 7) is 2.74. The number of aryl methyl sites for hydroxylation is 2. The number of aliphatic imine (C=N–C) groups is 1. The Balaban J connectivity index is 2.11. The largest absolute Gasteiger partial charge is 0.434 e. The minimum absolute atomic E-state index is 0.122. The van der Waals surface area contributed by atoms with Gasteiger partial charge in [-0.15, -0.1) is 10.2 Å². The van der Waals surface area contributed by atoms with E-state index < -0.39 is 6.61 Å². The van der Waals surface area contributed by atoms with Gasteiger partial charge < -0.3 is 24.7 Å². The van der Waals surface area contributed by atoms with Crippen molar-refractivity contribution in [2.24, 2.45) is 12.0 Å². The summed E-state index contributed by atoms with van der Waals surface area (Å²) in [5.41, 5.74) is 1.52. The van der Waals surface area contributed by atoms with Crippen LogP contribution < -0.4 is 15.4 Å². The summed E-state index contributed by atoms with van der Waals surface area (Å²) >= 11 is 0. The number of hydrogen-bond acceptors (Lipinski definition) is 5. The standard InChI is InChI=1S/C19H28F2N6O2/c1-13-6-7-16(29-18(20)21)15(10-13)11-23-19(22-8-5-9-28-4)24-12-17-26-25-14(2)27(17)3/h6-7,10,18H,5,8-9,11-12H2,1-4H3,(H2,22,23,24). The molecule has 2 aromatic rings. The van der Waals surface area contributed by atoms with Gasteiger partial charge >= 0.3 is 6.61 Å². The molecule has 160 valence electrons. The number of ether oxygens (including phenoxy) is 2. The number of rotatable bonds is 10. The summed E-state index contributed by atoms with van der Waals surface area (Å²) in [6, 6.07) is 5.05. The summed E-state index contributed by atoms with van der Waals surface area (Å²) in [6.07, 6.45) is 0.796. The highest BCUT2D eigenvalue weighted by Gasteiger charge is 2.11. The van der Waals surface area contributed by atoms with E-state index in [-0.39, 0.29) is 12.3 Å². The van der Waals surface area contributed by atoms with E-state index in [1.165, 1.54) is 6.07 Å². The van der Waals surface area contributed by atoms with Crippen molar-refractivity contribution in [2.75, 3.05) is 20.3 Å². The summed E-state index contributed by atoms with van der Waals surface area (Å²) < 4.78 is 36.9. The molecule has 1 aromatic carbocycles. The number of halogens is 2. The third kappa shape index (κ3) is 7.30. The fraction of sp³-hybridized carbons (Fsp3) is 0.526. The van der Waals surface area contributed by atoms with Crippen LogP contribution in [0.15, 0.2) is 23.2 Å². The van der Waals surface area contributed by atoms with Crippen LogP contribution in [0.2, 0.25) is 0 Å². The molecule has 2 N–H and O–H groups in total. The van der Waals surface area contributed by atoms with E-state index in [0.717, 1.165) is 23.6 Å². The second kappa shape index (κ2) is 11.3. The predicted molar refractivity (Wildman–Crippen MR) is 106 cm³/mol. The van der Waals surface area contributed by atoms with Gasteiger partial charge in [-0.25, -0.2) is 4.99 Å². The number of nitrogens with zero attached hydrogens (tertiary/aromatic N) is 4. The Hall–Kier alpha value is -2.75. The van der Waals surface area contributed by atoms with Crippen molar-refractivity contribution in [3.8, 4) is 5.75 Å². The van der Waals surface area contributed by atoms with Gasteiger partial charge in [0.2, 0.25) is 0 Å². The van der Waals surface area contributed by atoms with Gasteiger partial charge in [0, 0.05) is 32.9 Å². The number of methoxy groups -OCH3 is 1. The van der Waals surface area contributed by atoms with Gasteiger partial charge in [0.25, 0.3) is 0 Å². The zero-order valence-corrected chi connectivity index (χ0v) is 17.2. The minimum atomic E-state index is -2.88. The SMILES string of the molecule is COCCCNC(=NCc1cc(C)ccc1OC(F)F)NCc1nnc(C)n1C. The highest BCUT2D eigenvalue weighted by molar-refractivity contribution is 5.79. The van der Waals surface area contributed by atoms with E-state index in [4.69, 9.17) is 4.74 Å². The van der Waals surface area contributed by atoms with E-state index in [9.17, 15) is 8.78 Å². The lowest BCUT2D eigenvalue weighted by atomic mass is 10.1. The van der Waals surface area contributed by atoms with Crippen LogP contribution in [-0.4, -0.2) is 47.6 Å². The second-order valence-corrected chi connectivity index (χ2v) is 6.50. The molecule has 0 atom stereocenters. The molecule has 0 saturated heterocycles. The van der Waals surface area contributed by atoms with Crippen molar-refractivity contribution in [1.82, 2.24) is 25.4 Å². The van der Waals surface area contributed by atoms with E-state index in [0.29, 0.717) is 31.2 Å². The van der Waals surface area contributed by atoms with Gasteiger partial charge in [-0.05, 0) is 26.3 Å². The normalized spacial score (nSPS) is 11.8. The Morgan fingerprint density at radius 1 is 1.24 bits per heavy atom. The lowest BCUT2D eigenvalue weighted by molar-refractivity contribution is -0.0504. The molecule has 10 heteroatoms. The number of benzene rings is 1. The number of aromatic nitrogens is 3. The Kier molecular flexibility index (Phi) is 8.78. The second-order valence-electron chi connectivity index (χ2n) is 6.50. The van der Waals surface area contributed by atoms with Crippen LogP contribution in [-0.2, 0) is 24.9 Å². The van der Waals surface area contributed by atoms with E-state index in [1.54, 1.807) is 19.2 Å². The molecule has 0 fully saturated rings. The van der Waals surface area contributed by atoms with Crippen LogP contribution in [0.1, 0.15) is 29.2 Å². The van der Waals surface area contributed by atoms with Crippen LogP contribution in [0, 0.1) is 13.8 Å². The molecule has 0 spiro atoms. The molecule has 0 saturated carbocycles. The molecule has 0 aliphatic heterocycles. The van der Waals surface area contributed by atoms with Crippen LogP contribution in [0.5, 0.6) is 5.75 Å². The number of nitrogens with one attached hydrogen (secondary N) is 2. The maximum Gasteiger partial charge on any atom is 0.387 e. The van der Waals surface area contributed by atoms with Crippen molar-refractivity contribution < 1.29 is 18.3 Å². The van der Waals surface area contributed by atoms with Gasteiger partial charge in [-0.3, -0.25) is 0 Å². The van der Waals surface area contributed by atoms with E-state index >= 15 is 0 Å². The van der Waals surface area contributed by atoms with Gasteiger partial charge in [0.15, 0.2) is 11.8 Å². The molecule has 0 aliphatic rings. The average Bonchev–Trinajstić information content (AvgIpc) is 3.00. The molecule has 2 rings (SSSR count). The topological polar surface area (TPSA) is 85.6 Å². The quantitative estimate of drug-likeness (QED) is 0.355. The van der Waals surface area contributed by atoms with Crippen molar-refractivity contribution >= 4 is 5.96 Å². The van der Waals surface area contributed by atoms with Gasteiger partial charge in [-0.2, -0.15) is 8.78 Å². The zero-order chi connectivity index (χ0) is 21.2. The van der Waals surface area contributed by atoms with Gasteiger partial charge in [0.1, 0.15) is 11.6 Å². The number of guanidine groups is 1.